The average molecular weight is 291 g/mol. The molecule has 9 heteroatoms. The molecule has 0 bridgehead atoms. The molecule has 0 amide bonds. The van der Waals surface area contributed by atoms with Gasteiger partial charge in [0.25, 0.3) is 5.56 Å². The SMILES string of the molecule is COC(=O)c1cn(Cc2cc(=O)n3ccsc3n2)nn1. The molecule has 20 heavy (non-hydrogen) atoms. The fourth-order valence-electron chi connectivity index (χ4n) is 1.71. The smallest absolute Gasteiger partial charge is 0.360 e. The maximum Gasteiger partial charge on any atom is 0.360 e. The van der Waals surface area contributed by atoms with E-state index in [-0.39, 0.29) is 17.8 Å². The van der Waals surface area contributed by atoms with Crippen LogP contribution in [0, 0.1) is 0 Å². The monoisotopic (exact) mass is 291 g/mol. The van der Waals surface area contributed by atoms with Crippen molar-refractivity contribution in [2.24, 2.45) is 0 Å². The quantitative estimate of drug-likeness (QED) is 0.639. The molecule has 3 aromatic rings. The number of thiazole rings is 1. The maximum absolute atomic E-state index is 11.8. The minimum Gasteiger partial charge on any atom is -0.464 e. The normalized spacial score (nSPS) is 10.8. The molecule has 0 atom stereocenters. The largest absolute Gasteiger partial charge is 0.464 e. The number of methoxy groups -OCH3 is 1. The van der Waals surface area contributed by atoms with E-state index < -0.39 is 5.97 Å². The molecule has 8 nitrogen and oxygen atoms in total. The molecule has 0 aromatic carbocycles. The highest BCUT2D eigenvalue weighted by Gasteiger charge is 2.11. The third kappa shape index (κ3) is 2.18. The van der Waals surface area contributed by atoms with Crippen molar-refractivity contribution in [2.75, 3.05) is 7.11 Å². The summed E-state index contributed by atoms with van der Waals surface area (Å²) < 4.78 is 7.44. The number of fused-ring (bicyclic) bond motifs is 1. The van der Waals surface area contributed by atoms with Gasteiger partial charge in [0.2, 0.25) is 0 Å². The molecule has 0 N–H and O–H groups in total. The lowest BCUT2D eigenvalue weighted by Gasteiger charge is -2.00. The third-order valence-electron chi connectivity index (χ3n) is 2.61. The van der Waals surface area contributed by atoms with E-state index in [2.05, 4.69) is 20.0 Å². The molecule has 3 rings (SSSR count). The Balaban J connectivity index is 1.91. The molecule has 0 aliphatic carbocycles. The summed E-state index contributed by atoms with van der Waals surface area (Å²) >= 11 is 1.37. The summed E-state index contributed by atoms with van der Waals surface area (Å²) in [4.78, 5) is 28.0. The number of esters is 1. The van der Waals surface area contributed by atoms with Crippen molar-refractivity contribution < 1.29 is 9.53 Å². The third-order valence-corrected chi connectivity index (χ3v) is 3.37. The molecule has 102 valence electrons. The van der Waals surface area contributed by atoms with Crippen molar-refractivity contribution in [1.29, 1.82) is 0 Å². The van der Waals surface area contributed by atoms with Gasteiger partial charge in [-0.1, -0.05) is 5.21 Å². The van der Waals surface area contributed by atoms with E-state index in [0.717, 1.165) is 0 Å². The summed E-state index contributed by atoms with van der Waals surface area (Å²) in [6.45, 7) is 0.258. The van der Waals surface area contributed by atoms with Crippen molar-refractivity contribution >= 4 is 22.3 Å². The number of ether oxygens (including phenoxy) is 1. The summed E-state index contributed by atoms with van der Waals surface area (Å²) in [6.07, 6.45) is 3.12. The van der Waals surface area contributed by atoms with Crippen LogP contribution in [0.2, 0.25) is 0 Å². The number of carbonyl (C=O) groups is 1. The molecular weight excluding hydrogens is 282 g/mol. The van der Waals surface area contributed by atoms with Crippen LogP contribution in [0.1, 0.15) is 16.2 Å². The van der Waals surface area contributed by atoms with Crippen LogP contribution < -0.4 is 5.56 Å². The Morgan fingerprint density at radius 3 is 3.15 bits per heavy atom. The summed E-state index contributed by atoms with van der Waals surface area (Å²) in [5.41, 5.74) is 0.514. The Morgan fingerprint density at radius 1 is 1.50 bits per heavy atom. The number of hydrogen-bond donors (Lipinski definition) is 0. The molecule has 0 saturated heterocycles. The van der Waals surface area contributed by atoms with Gasteiger partial charge >= 0.3 is 5.97 Å². The van der Waals surface area contributed by atoms with Crippen molar-refractivity contribution in [2.45, 2.75) is 6.54 Å². The standard InChI is InChI=1S/C11H9N5O3S/c1-19-10(18)8-6-15(14-13-8)5-7-4-9(17)16-2-3-20-11(16)12-7/h2-4,6H,5H2,1H3. The molecule has 0 saturated carbocycles. The van der Waals surface area contributed by atoms with E-state index in [9.17, 15) is 9.59 Å². The fraction of sp³-hybridized carbons (Fsp3) is 0.182. The van der Waals surface area contributed by atoms with Crippen LogP contribution in [0.15, 0.2) is 28.6 Å². The van der Waals surface area contributed by atoms with Gasteiger partial charge in [-0.3, -0.25) is 9.20 Å². The zero-order valence-corrected chi connectivity index (χ0v) is 11.2. The van der Waals surface area contributed by atoms with Gasteiger partial charge in [0.05, 0.1) is 25.5 Å². The molecule has 3 heterocycles. The van der Waals surface area contributed by atoms with E-state index >= 15 is 0 Å². The van der Waals surface area contributed by atoms with Gasteiger partial charge < -0.3 is 4.74 Å². The van der Waals surface area contributed by atoms with Gasteiger partial charge in [-0.15, -0.1) is 16.4 Å². The molecular formula is C11H9N5O3S. The lowest BCUT2D eigenvalue weighted by atomic mass is 10.4. The van der Waals surface area contributed by atoms with Crippen molar-refractivity contribution in [3.8, 4) is 0 Å². The molecule has 0 aliphatic heterocycles. The van der Waals surface area contributed by atoms with Crippen LogP contribution >= 0.6 is 11.3 Å². The number of nitrogens with zero attached hydrogens (tertiary/aromatic N) is 5. The van der Waals surface area contributed by atoms with Gasteiger partial charge in [0, 0.05) is 17.6 Å². The summed E-state index contributed by atoms with van der Waals surface area (Å²) in [5.74, 6) is -0.557. The molecule has 0 unspecified atom stereocenters. The van der Waals surface area contributed by atoms with Gasteiger partial charge in [-0.2, -0.15) is 0 Å². The van der Waals surface area contributed by atoms with Gasteiger partial charge in [0.1, 0.15) is 0 Å². The van der Waals surface area contributed by atoms with Crippen LogP contribution in [0.5, 0.6) is 0 Å². The van der Waals surface area contributed by atoms with Crippen LogP contribution in [-0.4, -0.2) is 37.5 Å². The second-order valence-electron chi connectivity index (χ2n) is 3.93. The second-order valence-corrected chi connectivity index (χ2v) is 4.81. The number of carbonyl (C=O) groups excluding carboxylic acids is 1. The molecule has 0 fully saturated rings. The first-order chi connectivity index (χ1) is 9.67. The number of rotatable bonds is 3. The van der Waals surface area contributed by atoms with Crippen LogP contribution in [-0.2, 0) is 11.3 Å². The summed E-state index contributed by atoms with van der Waals surface area (Å²) in [7, 11) is 1.27. The van der Waals surface area contributed by atoms with E-state index in [1.54, 1.807) is 11.6 Å². The summed E-state index contributed by atoms with van der Waals surface area (Å²) in [6, 6.07) is 1.43. The van der Waals surface area contributed by atoms with Gasteiger partial charge in [-0.05, 0) is 0 Å². The lowest BCUT2D eigenvalue weighted by Crippen LogP contribution is -2.14. The van der Waals surface area contributed by atoms with Crippen molar-refractivity contribution in [3.63, 3.8) is 0 Å². The zero-order valence-electron chi connectivity index (χ0n) is 10.4. The Labute approximate surface area is 116 Å². The van der Waals surface area contributed by atoms with Crippen LogP contribution in [0.4, 0.5) is 0 Å². The first-order valence-corrected chi connectivity index (χ1v) is 6.49. The van der Waals surface area contributed by atoms with E-state index in [4.69, 9.17) is 0 Å². The summed E-state index contributed by atoms with van der Waals surface area (Å²) in [5, 5.41) is 9.28. The maximum atomic E-state index is 11.8. The molecule has 3 aromatic heterocycles. The van der Waals surface area contributed by atoms with Gasteiger partial charge in [-0.25, -0.2) is 14.5 Å². The van der Waals surface area contributed by atoms with E-state index in [0.29, 0.717) is 10.7 Å². The number of hydrogen-bond acceptors (Lipinski definition) is 7. The topological polar surface area (TPSA) is 91.4 Å². The highest BCUT2D eigenvalue weighted by atomic mass is 32.1. The molecule has 0 aliphatic rings. The van der Waals surface area contributed by atoms with E-state index in [1.807, 2.05) is 0 Å². The predicted molar refractivity (Wildman–Crippen MR) is 69.8 cm³/mol. The Bertz CT molecular complexity index is 834. The van der Waals surface area contributed by atoms with E-state index in [1.165, 1.54) is 39.8 Å². The average Bonchev–Trinajstić information content (AvgIpc) is 3.07. The predicted octanol–water partition coefficient (Wildman–Crippen LogP) is 0.182. The lowest BCUT2D eigenvalue weighted by molar-refractivity contribution is 0.0594. The van der Waals surface area contributed by atoms with Crippen molar-refractivity contribution in [3.05, 3.63) is 45.6 Å². The van der Waals surface area contributed by atoms with Crippen LogP contribution in [0.25, 0.3) is 4.96 Å². The zero-order chi connectivity index (χ0) is 14.1. The Hall–Kier alpha value is -2.55. The fourth-order valence-corrected chi connectivity index (χ4v) is 2.45. The Kier molecular flexibility index (Phi) is 3.03. The van der Waals surface area contributed by atoms with Gasteiger partial charge in [0.15, 0.2) is 10.7 Å². The highest BCUT2D eigenvalue weighted by molar-refractivity contribution is 7.15. The van der Waals surface area contributed by atoms with Crippen molar-refractivity contribution in [1.82, 2.24) is 24.4 Å². The van der Waals surface area contributed by atoms with Crippen LogP contribution in [0.3, 0.4) is 0 Å². The molecule has 0 spiro atoms. The minimum absolute atomic E-state index is 0.112. The molecule has 0 radical (unpaired) electrons. The first-order valence-electron chi connectivity index (χ1n) is 5.61. The Morgan fingerprint density at radius 2 is 2.35 bits per heavy atom. The number of aromatic nitrogens is 5. The second kappa shape index (κ2) is 4.85. The first kappa shape index (κ1) is 12.5. The minimum atomic E-state index is -0.557. The highest BCUT2D eigenvalue weighted by Crippen LogP contribution is 2.07.